The summed E-state index contributed by atoms with van der Waals surface area (Å²) in [5, 5.41) is 12.9. The molecule has 150 valence electrons. The average Bonchev–Trinajstić information content (AvgIpc) is 2.70. The molecular formula is C22H29ClN4O. The molecule has 0 saturated carbocycles. The number of carbonyl (C=O) groups is 1. The number of carbonyl (C=O) groups excluding carboxylic acids is 1. The van der Waals surface area contributed by atoms with Crippen molar-refractivity contribution in [3.8, 4) is 6.07 Å². The quantitative estimate of drug-likeness (QED) is 0.777. The number of benzene rings is 1. The van der Waals surface area contributed by atoms with Gasteiger partial charge in [0.1, 0.15) is 0 Å². The molecule has 0 radical (unpaired) electrons. The number of anilines is 1. The summed E-state index contributed by atoms with van der Waals surface area (Å²) in [5.41, 5.74) is 2.59. The van der Waals surface area contributed by atoms with E-state index in [0.717, 1.165) is 25.1 Å². The van der Waals surface area contributed by atoms with E-state index in [2.05, 4.69) is 36.2 Å². The minimum absolute atomic E-state index is 0.144. The fourth-order valence-corrected chi connectivity index (χ4v) is 4.04. The van der Waals surface area contributed by atoms with Crippen LogP contribution in [0.1, 0.15) is 45.6 Å². The van der Waals surface area contributed by atoms with Crippen molar-refractivity contribution in [3.63, 3.8) is 0 Å². The van der Waals surface area contributed by atoms with Crippen molar-refractivity contribution in [2.75, 3.05) is 31.5 Å². The van der Waals surface area contributed by atoms with Crippen molar-refractivity contribution in [3.05, 3.63) is 34.9 Å². The van der Waals surface area contributed by atoms with Crippen LogP contribution in [-0.4, -0.2) is 48.1 Å². The Hall–Kier alpha value is -2.03. The summed E-state index contributed by atoms with van der Waals surface area (Å²) in [4.78, 5) is 17.0. The Bertz CT molecular complexity index is 803. The molecule has 0 bridgehead atoms. The minimum Gasteiger partial charge on any atom is -0.324 e. The highest BCUT2D eigenvalue weighted by Gasteiger charge is 2.32. The molecule has 1 aromatic rings. The molecule has 0 aromatic heterocycles. The highest BCUT2D eigenvalue weighted by Crippen LogP contribution is 2.35. The zero-order valence-electron chi connectivity index (χ0n) is 17.0. The number of hydrogen-bond acceptors (Lipinski definition) is 3. The SMILES string of the molecule is CC(C)N1CC=C(c2cccc(Cl)c2NC(=O)N2CCC(C)(C#N)CC2)CC1. The van der Waals surface area contributed by atoms with Crippen LogP contribution in [0.15, 0.2) is 24.3 Å². The van der Waals surface area contributed by atoms with Gasteiger partial charge in [0.25, 0.3) is 0 Å². The van der Waals surface area contributed by atoms with Crippen molar-refractivity contribution in [1.82, 2.24) is 9.80 Å². The number of para-hydroxylation sites is 1. The van der Waals surface area contributed by atoms with Crippen LogP contribution in [0, 0.1) is 16.7 Å². The summed E-state index contributed by atoms with van der Waals surface area (Å²) < 4.78 is 0. The van der Waals surface area contributed by atoms with E-state index in [1.165, 1.54) is 5.57 Å². The maximum atomic E-state index is 12.8. The number of amides is 2. The van der Waals surface area contributed by atoms with Gasteiger partial charge in [-0.05, 0) is 51.7 Å². The standard InChI is InChI=1S/C22H29ClN4O/c1-16(2)26-11-7-17(8-12-26)18-5-4-6-19(23)20(18)25-21(28)27-13-9-22(3,15-24)10-14-27/h4-7,16H,8-14H2,1-3H3,(H,25,28). The lowest BCUT2D eigenvalue weighted by Gasteiger charge is -2.35. The van der Waals surface area contributed by atoms with Crippen LogP contribution in [0.3, 0.4) is 0 Å². The van der Waals surface area contributed by atoms with Crippen molar-refractivity contribution >= 4 is 28.9 Å². The molecule has 0 aliphatic carbocycles. The number of piperidine rings is 1. The molecule has 5 nitrogen and oxygen atoms in total. The molecule has 6 heteroatoms. The van der Waals surface area contributed by atoms with Crippen molar-refractivity contribution in [2.24, 2.45) is 5.41 Å². The first-order chi connectivity index (χ1) is 13.3. The lowest BCUT2D eigenvalue weighted by Crippen LogP contribution is -2.43. The molecule has 1 N–H and O–H groups in total. The van der Waals surface area contributed by atoms with Crippen molar-refractivity contribution in [2.45, 2.75) is 46.1 Å². The maximum Gasteiger partial charge on any atom is 0.321 e. The second-order valence-electron chi connectivity index (χ2n) is 8.32. The van der Waals surface area contributed by atoms with E-state index >= 15 is 0 Å². The number of nitriles is 1. The Morgan fingerprint density at radius 1 is 1.29 bits per heavy atom. The van der Waals surface area contributed by atoms with E-state index in [1.54, 1.807) is 4.90 Å². The summed E-state index contributed by atoms with van der Waals surface area (Å²) in [6.07, 6.45) is 4.57. The van der Waals surface area contributed by atoms with Crippen LogP contribution in [0.25, 0.3) is 5.57 Å². The molecule has 1 aromatic carbocycles. The van der Waals surface area contributed by atoms with E-state index in [9.17, 15) is 10.1 Å². The van der Waals surface area contributed by atoms with Gasteiger partial charge in [0.05, 0.1) is 22.2 Å². The summed E-state index contributed by atoms with van der Waals surface area (Å²) in [7, 11) is 0. The van der Waals surface area contributed by atoms with Gasteiger partial charge in [0.2, 0.25) is 0 Å². The van der Waals surface area contributed by atoms with Crippen LogP contribution in [-0.2, 0) is 0 Å². The monoisotopic (exact) mass is 400 g/mol. The van der Waals surface area contributed by atoms with Gasteiger partial charge in [0.15, 0.2) is 0 Å². The highest BCUT2D eigenvalue weighted by atomic mass is 35.5. The molecule has 1 saturated heterocycles. The van der Waals surface area contributed by atoms with Gasteiger partial charge >= 0.3 is 6.03 Å². The number of nitrogens with zero attached hydrogens (tertiary/aromatic N) is 3. The largest absolute Gasteiger partial charge is 0.324 e. The van der Waals surface area contributed by atoms with E-state index in [1.807, 2.05) is 25.1 Å². The summed E-state index contributed by atoms with van der Waals surface area (Å²) in [5.74, 6) is 0. The van der Waals surface area contributed by atoms with Crippen LogP contribution >= 0.6 is 11.6 Å². The molecule has 0 unspecified atom stereocenters. The topological polar surface area (TPSA) is 59.4 Å². The number of nitrogens with one attached hydrogen (secondary N) is 1. The van der Waals surface area contributed by atoms with Crippen LogP contribution in [0.5, 0.6) is 0 Å². The smallest absolute Gasteiger partial charge is 0.321 e. The summed E-state index contributed by atoms with van der Waals surface area (Å²) >= 11 is 6.46. The lowest BCUT2D eigenvalue weighted by atomic mass is 9.82. The average molecular weight is 401 g/mol. The summed E-state index contributed by atoms with van der Waals surface area (Å²) in [6.45, 7) is 9.46. The molecule has 2 heterocycles. The Kier molecular flexibility index (Phi) is 6.32. The Morgan fingerprint density at radius 3 is 2.57 bits per heavy atom. The number of likely N-dealkylation sites (tertiary alicyclic amines) is 1. The second kappa shape index (κ2) is 8.55. The second-order valence-corrected chi connectivity index (χ2v) is 8.73. The Morgan fingerprint density at radius 2 is 2.00 bits per heavy atom. The van der Waals surface area contributed by atoms with Crippen LogP contribution in [0.4, 0.5) is 10.5 Å². The molecular weight excluding hydrogens is 372 g/mol. The third kappa shape index (κ3) is 4.51. The van der Waals surface area contributed by atoms with E-state index in [-0.39, 0.29) is 11.4 Å². The summed E-state index contributed by atoms with van der Waals surface area (Å²) in [6, 6.07) is 8.52. The zero-order valence-corrected chi connectivity index (χ0v) is 17.7. The van der Waals surface area contributed by atoms with Gasteiger partial charge in [0, 0.05) is 37.8 Å². The predicted octanol–water partition coefficient (Wildman–Crippen LogP) is 5.00. The molecule has 2 aliphatic rings. The third-order valence-corrected chi connectivity index (χ3v) is 6.30. The zero-order chi connectivity index (χ0) is 20.3. The van der Waals surface area contributed by atoms with Crippen LogP contribution < -0.4 is 5.32 Å². The fraction of sp³-hybridized carbons (Fsp3) is 0.545. The lowest BCUT2D eigenvalue weighted by molar-refractivity contribution is 0.166. The number of hydrogen-bond donors (Lipinski definition) is 1. The minimum atomic E-state index is -0.332. The van der Waals surface area contributed by atoms with Gasteiger partial charge in [-0.3, -0.25) is 4.90 Å². The van der Waals surface area contributed by atoms with Gasteiger partial charge in [-0.25, -0.2) is 4.79 Å². The van der Waals surface area contributed by atoms with Gasteiger partial charge < -0.3 is 10.2 Å². The van der Waals surface area contributed by atoms with Crippen molar-refractivity contribution < 1.29 is 4.79 Å². The first-order valence-corrected chi connectivity index (χ1v) is 10.4. The first-order valence-electron chi connectivity index (χ1n) is 10.0. The molecule has 2 amide bonds. The van der Waals surface area contributed by atoms with Gasteiger partial charge in [-0.2, -0.15) is 5.26 Å². The molecule has 1 fully saturated rings. The molecule has 3 rings (SSSR count). The highest BCUT2D eigenvalue weighted by molar-refractivity contribution is 6.34. The Balaban J connectivity index is 1.75. The Labute approximate surface area is 172 Å². The van der Waals surface area contributed by atoms with E-state index < -0.39 is 0 Å². The number of rotatable bonds is 3. The molecule has 0 spiro atoms. The molecule has 28 heavy (non-hydrogen) atoms. The first kappa shape index (κ1) is 20.7. The fourth-order valence-electron chi connectivity index (χ4n) is 3.82. The third-order valence-electron chi connectivity index (χ3n) is 5.99. The maximum absolute atomic E-state index is 12.8. The molecule has 0 atom stereocenters. The van der Waals surface area contributed by atoms with E-state index in [0.29, 0.717) is 42.7 Å². The van der Waals surface area contributed by atoms with Crippen LogP contribution in [0.2, 0.25) is 5.02 Å². The predicted molar refractivity (Wildman–Crippen MR) is 114 cm³/mol. The van der Waals surface area contributed by atoms with Crippen molar-refractivity contribution in [1.29, 1.82) is 5.26 Å². The molecule has 2 aliphatic heterocycles. The normalized spacial score (nSPS) is 19.9. The number of urea groups is 1. The number of halogens is 1. The van der Waals surface area contributed by atoms with E-state index in [4.69, 9.17) is 11.6 Å². The van der Waals surface area contributed by atoms with Gasteiger partial charge in [-0.1, -0.05) is 29.8 Å². The van der Waals surface area contributed by atoms with Gasteiger partial charge in [-0.15, -0.1) is 0 Å².